The summed E-state index contributed by atoms with van der Waals surface area (Å²) in [6, 6.07) is 15.7. The number of nitrogens with one attached hydrogen (secondary N) is 1. The summed E-state index contributed by atoms with van der Waals surface area (Å²) in [5, 5.41) is 14.2. The van der Waals surface area contributed by atoms with Gasteiger partial charge in [-0.25, -0.2) is 9.78 Å². The lowest BCUT2D eigenvalue weighted by molar-refractivity contribution is -0.143. The van der Waals surface area contributed by atoms with Crippen LogP contribution < -0.4 is 10.9 Å². The second-order valence-corrected chi connectivity index (χ2v) is 10.5. The average Bonchev–Trinajstić information content (AvgIpc) is 3.16. The number of hydrogen-bond donors (Lipinski definition) is 2. The SMILES string of the molecule is Cc1cncn(CCCC2=Cc3ccccc3[C@]23CC[C@@](Nc2cccc(Cl)c2)(C(=O)O)CC3)c1=O. The number of aromatic nitrogens is 2. The maximum Gasteiger partial charge on any atom is 0.329 e. The van der Waals surface area contributed by atoms with Crippen LogP contribution in [-0.2, 0) is 16.8 Å². The van der Waals surface area contributed by atoms with Crippen LogP contribution in [0.25, 0.3) is 6.08 Å². The molecule has 2 N–H and O–H groups in total. The standard InChI is InChI=1S/C29H30ClN3O3/c1-20-18-31-19-33(26(20)34)15-5-7-22-16-21-6-2-3-10-25(21)28(22)11-13-29(14-12-28,27(35)36)32-24-9-4-8-23(30)17-24/h2-4,6,8-10,16-19,32H,5,7,11-15H2,1H3,(H,35,36)/t28-,29-. The molecule has 0 atom stereocenters. The zero-order valence-corrected chi connectivity index (χ0v) is 21.1. The van der Waals surface area contributed by atoms with E-state index >= 15 is 0 Å². The summed E-state index contributed by atoms with van der Waals surface area (Å²) in [7, 11) is 0. The summed E-state index contributed by atoms with van der Waals surface area (Å²) in [5.74, 6) is -0.833. The van der Waals surface area contributed by atoms with E-state index in [0.29, 0.717) is 30.0 Å². The highest BCUT2D eigenvalue weighted by Crippen LogP contribution is 2.54. The minimum absolute atomic E-state index is 0.000557. The minimum atomic E-state index is -1.04. The quantitative estimate of drug-likeness (QED) is 0.423. The molecular weight excluding hydrogens is 474 g/mol. The predicted octanol–water partition coefficient (Wildman–Crippen LogP) is 5.83. The molecule has 1 spiro atoms. The van der Waals surface area contributed by atoms with Gasteiger partial charge in [-0.15, -0.1) is 0 Å². The molecule has 2 aliphatic carbocycles. The van der Waals surface area contributed by atoms with Gasteiger partial charge in [-0.05, 0) is 74.8 Å². The third-order valence-electron chi connectivity index (χ3n) is 7.91. The number of nitrogens with zero attached hydrogens (tertiary/aromatic N) is 2. The molecule has 0 bridgehead atoms. The lowest BCUT2D eigenvalue weighted by Crippen LogP contribution is -2.52. The van der Waals surface area contributed by atoms with Crippen LogP contribution in [0.5, 0.6) is 0 Å². The van der Waals surface area contributed by atoms with Gasteiger partial charge in [-0.2, -0.15) is 0 Å². The molecule has 0 unspecified atom stereocenters. The van der Waals surface area contributed by atoms with Crippen molar-refractivity contribution >= 4 is 29.3 Å². The van der Waals surface area contributed by atoms with Crippen molar-refractivity contribution in [3.8, 4) is 0 Å². The zero-order chi connectivity index (χ0) is 25.3. The molecule has 1 saturated carbocycles. The van der Waals surface area contributed by atoms with Crippen LogP contribution in [0, 0.1) is 6.92 Å². The van der Waals surface area contributed by atoms with Crippen LogP contribution in [0.2, 0.25) is 5.02 Å². The number of carboxylic acid groups (broad SMARTS) is 1. The van der Waals surface area contributed by atoms with Gasteiger partial charge in [0.25, 0.3) is 5.56 Å². The van der Waals surface area contributed by atoms with Gasteiger partial charge in [0.05, 0.1) is 6.33 Å². The molecule has 36 heavy (non-hydrogen) atoms. The van der Waals surface area contributed by atoms with E-state index in [0.717, 1.165) is 31.4 Å². The molecular formula is C29H30ClN3O3. The van der Waals surface area contributed by atoms with E-state index < -0.39 is 11.5 Å². The number of fused-ring (bicyclic) bond motifs is 2. The van der Waals surface area contributed by atoms with Crippen molar-refractivity contribution in [1.29, 1.82) is 0 Å². The van der Waals surface area contributed by atoms with Gasteiger partial charge < -0.3 is 10.4 Å². The Bertz CT molecular complexity index is 1390. The fraction of sp³-hybridized carbons (Fsp3) is 0.345. The molecule has 3 aromatic rings. The van der Waals surface area contributed by atoms with Crippen molar-refractivity contribution in [2.24, 2.45) is 0 Å². The smallest absolute Gasteiger partial charge is 0.329 e. The van der Waals surface area contributed by atoms with Crippen molar-refractivity contribution in [2.75, 3.05) is 5.32 Å². The number of anilines is 1. The number of aryl methyl sites for hydroxylation is 2. The van der Waals surface area contributed by atoms with E-state index in [1.54, 1.807) is 36.1 Å². The van der Waals surface area contributed by atoms with Crippen LogP contribution in [0.15, 0.2) is 71.4 Å². The molecule has 0 radical (unpaired) electrons. The predicted molar refractivity (Wildman–Crippen MR) is 142 cm³/mol. The van der Waals surface area contributed by atoms with Crippen molar-refractivity contribution in [3.05, 3.63) is 98.7 Å². The van der Waals surface area contributed by atoms with E-state index in [9.17, 15) is 14.7 Å². The Morgan fingerprint density at radius 3 is 2.67 bits per heavy atom. The van der Waals surface area contributed by atoms with Crippen molar-refractivity contribution in [3.63, 3.8) is 0 Å². The largest absolute Gasteiger partial charge is 0.480 e. The summed E-state index contributed by atoms with van der Waals surface area (Å²) in [6.45, 7) is 2.39. The van der Waals surface area contributed by atoms with Crippen LogP contribution in [-0.4, -0.2) is 26.2 Å². The van der Waals surface area contributed by atoms with E-state index in [2.05, 4.69) is 40.6 Å². The molecule has 186 valence electrons. The molecule has 1 heterocycles. The van der Waals surface area contributed by atoms with Crippen molar-refractivity contribution < 1.29 is 9.90 Å². The van der Waals surface area contributed by atoms with E-state index in [-0.39, 0.29) is 11.0 Å². The molecule has 0 amide bonds. The maximum atomic E-state index is 12.5. The highest BCUT2D eigenvalue weighted by atomic mass is 35.5. The van der Waals surface area contributed by atoms with Crippen molar-refractivity contribution in [1.82, 2.24) is 9.55 Å². The highest BCUT2D eigenvalue weighted by Gasteiger charge is 2.51. The average molecular weight is 504 g/mol. The first-order valence-electron chi connectivity index (χ1n) is 12.4. The third kappa shape index (κ3) is 4.35. The second-order valence-electron chi connectivity index (χ2n) is 10.0. The van der Waals surface area contributed by atoms with Crippen LogP contribution in [0.4, 0.5) is 5.69 Å². The summed E-state index contributed by atoms with van der Waals surface area (Å²) < 4.78 is 1.68. The van der Waals surface area contributed by atoms with Gasteiger partial charge in [0.1, 0.15) is 5.54 Å². The van der Waals surface area contributed by atoms with Crippen LogP contribution in [0.3, 0.4) is 0 Å². The molecule has 2 aromatic carbocycles. The molecule has 2 aliphatic rings. The first kappa shape index (κ1) is 24.3. The Morgan fingerprint density at radius 2 is 1.92 bits per heavy atom. The molecule has 0 aliphatic heterocycles. The highest BCUT2D eigenvalue weighted by molar-refractivity contribution is 6.30. The Balaban J connectivity index is 1.38. The molecule has 0 saturated heterocycles. The van der Waals surface area contributed by atoms with Crippen molar-refractivity contribution in [2.45, 2.75) is 62.9 Å². The number of allylic oxidation sites excluding steroid dienone is 1. The van der Waals surface area contributed by atoms with Crippen LogP contribution in [0.1, 0.15) is 55.2 Å². The summed E-state index contributed by atoms with van der Waals surface area (Å²) in [4.78, 5) is 29.1. The molecule has 6 nitrogen and oxygen atoms in total. The fourth-order valence-electron chi connectivity index (χ4n) is 5.96. The normalized spacial score (nSPS) is 22.8. The second kappa shape index (κ2) is 9.58. The monoisotopic (exact) mass is 503 g/mol. The maximum absolute atomic E-state index is 12.5. The Labute approximate surface area is 215 Å². The molecule has 5 rings (SSSR count). The van der Waals surface area contributed by atoms with E-state index in [1.807, 2.05) is 12.1 Å². The Kier molecular flexibility index (Phi) is 6.47. The van der Waals surface area contributed by atoms with Gasteiger partial charge in [0, 0.05) is 34.4 Å². The minimum Gasteiger partial charge on any atom is -0.480 e. The number of carbonyl (C=O) groups is 1. The fourth-order valence-corrected chi connectivity index (χ4v) is 6.15. The molecule has 7 heteroatoms. The Morgan fingerprint density at radius 1 is 1.14 bits per heavy atom. The number of hydrogen-bond acceptors (Lipinski definition) is 4. The lowest BCUT2D eigenvalue weighted by Gasteiger charge is -2.45. The number of aliphatic carboxylic acids is 1. The van der Waals surface area contributed by atoms with Gasteiger partial charge in [-0.1, -0.05) is 53.6 Å². The number of rotatable bonds is 7. The zero-order valence-electron chi connectivity index (χ0n) is 20.3. The number of carboxylic acids is 1. The van der Waals surface area contributed by atoms with Crippen LogP contribution >= 0.6 is 11.6 Å². The lowest BCUT2D eigenvalue weighted by atomic mass is 9.61. The van der Waals surface area contributed by atoms with E-state index in [1.165, 1.54) is 16.7 Å². The summed E-state index contributed by atoms with van der Waals surface area (Å²) in [6.07, 6.45) is 9.62. The first-order valence-corrected chi connectivity index (χ1v) is 12.8. The van der Waals surface area contributed by atoms with Gasteiger partial charge in [0.15, 0.2) is 0 Å². The topological polar surface area (TPSA) is 84.2 Å². The van der Waals surface area contributed by atoms with Gasteiger partial charge >= 0.3 is 5.97 Å². The number of benzene rings is 2. The molecule has 1 aromatic heterocycles. The van der Waals surface area contributed by atoms with E-state index in [4.69, 9.17) is 11.6 Å². The number of halogens is 1. The first-order chi connectivity index (χ1) is 17.3. The summed E-state index contributed by atoms with van der Waals surface area (Å²) in [5.41, 5.74) is 3.98. The van der Waals surface area contributed by atoms with Gasteiger partial charge in [0.2, 0.25) is 0 Å². The molecule has 1 fully saturated rings. The summed E-state index contributed by atoms with van der Waals surface area (Å²) >= 11 is 6.15. The van der Waals surface area contributed by atoms with Gasteiger partial charge in [-0.3, -0.25) is 9.36 Å². The third-order valence-corrected chi connectivity index (χ3v) is 8.15. The Hall–Kier alpha value is -3.38.